The number of benzene rings is 1. The summed E-state index contributed by atoms with van der Waals surface area (Å²) in [6.07, 6.45) is 4.69. The van der Waals surface area contributed by atoms with Gasteiger partial charge in [0.05, 0.1) is 19.0 Å². The molecule has 1 amide bonds. The van der Waals surface area contributed by atoms with Gasteiger partial charge in [-0.25, -0.2) is 14.8 Å². The van der Waals surface area contributed by atoms with Crippen LogP contribution in [0.3, 0.4) is 0 Å². The van der Waals surface area contributed by atoms with E-state index in [0.29, 0.717) is 18.2 Å². The lowest BCUT2D eigenvalue weighted by molar-refractivity contribution is 0.0689. The summed E-state index contributed by atoms with van der Waals surface area (Å²) < 4.78 is 5.63. The fraction of sp³-hybridized carbons (Fsp3) is 0.294. The number of hydrogen-bond donors (Lipinski definition) is 2. The monoisotopic (exact) mass is 327 g/mol. The highest BCUT2D eigenvalue weighted by molar-refractivity contribution is 6.02. The van der Waals surface area contributed by atoms with Crippen molar-refractivity contribution in [1.82, 2.24) is 9.97 Å². The third-order valence-corrected chi connectivity index (χ3v) is 3.61. The van der Waals surface area contributed by atoms with E-state index in [4.69, 9.17) is 9.84 Å². The van der Waals surface area contributed by atoms with Gasteiger partial charge in [-0.1, -0.05) is 12.1 Å². The smallest absolute Gasteiger partial charge is 0.356 e. The Labute approximate surface area is 138 Å². The zero-order chi connectivity index (χ0) is 16.9. The van der Waals surface area contributed by atoms with E-state index in [9.17, 15) is 9.59 Å². The second kappa shape index (κ2) is 7.18. The number of aromatic carboxylic acids is 1. The van der Waals surface area contributed by atoms with Crippen LogP contribution < -0.4 is 5.32 Å². The summed E-state index contributed by atoms with van der Waals surface area (Å²) in [4.78, 5) is 30.3. The second-order valence-electron chi connectivity index (χ2n) is 5.71. The number of anilines is 1. The minimum atomic E-state index is -1.19. The van der Waals surface area contributed by atoms with Crippen LogP contribution in [0.4, 0.5) is 5.69 Å². The van der Waals surface area contributed by atoms with Crippen molar-refractivity contribution < 1.29 is 19.4 Å². The highest BCUT2D eigenvalue weighted by Gasteiger charge is 2.21. The number of rotatable bonds is 7. The average molecular weight is 327 g/mol. The average Bonchev–Trinajstić information content (AvgIpc) is 3.39. The van der Waals surface area contributed by atoms with E-state index in [1.54, 1.807) is 6.07 Å². The van der Waals surface area contributed by atoms with Crippen molar-refractivity contribution >= 4 is 17.6 Å². The Morgan fingerprint density at radius 3 is 2.62 bits per heavy atom. The van der Waals surface area contributed by atoms with Crippen molar-refractivity contribution in [3.05, 3.63) is 53.6 Å². The van der Waals surface area contributed by atoms with E-state index in [0.717, 1.165) is 24.6 Å². The number of hydrogen-bond acceptors (Lipinski definition) is 5. The zero-order valence-electron chi connectivity index (χ0n) is 12.9. The van der Waals surface area contributed by atoms with Gasteiger partial charge in [0, 0.05) is 12.3 Å². The van der Waals surface area contributed by atoms with E-state index in [1.165, 1.54) is 12.8 Å². The fourth-order valence-corrected chi connectivity index (χ4v) is 2.12. The van der Waals surface area contributed by atoms with Crippen LogP contribution in [0.5, 0.6) is 0 Å². The highest BCUT2D eigenvalue weighted by Crippen LogP contribution is 2.29. The van der Waals surface area contributed by atoms with Gasteiger partial charge < -0.3 is 15.2 Å². The Bertz CT molecular complexity index is 742. The topological polar surface area (TPSA) is 101 Å². The molecule has 1 saturated carbocycles. The van der Waals surface area contributed by atoms with E-state index in [-0.39, 0.29) is 11.4 Å². The molecule has 7 nitrogen and oxygen atoms in total. The molecule has 0 radical (unpaired) electrons. The lowest BCUT2D eigenvalue weighted by Gasteiger charge is -2.08. The van der Waals surface area contributed by atoms with Gasteiger partial charge in [0.1, 0.15) is 5.69 Å². The number of ether oxygens (including phenoxy) is 1. The first kappa shape index (κ1) is 16.1. The van der Waals surface area contributed by atoms with Crippen LogP contribution in [0, 0.1) is 5.92 Å². The number of amides is 1. The zero-order valence-corrected chi connectivity index (χ0v) is 12.9. The first-order valence-corrected chi connectivity index (χ1v) is 7.65. The molecule has 1 aliphatic rings. The molecule has 1 aliphatic carbocycles. The van der Waals surface area contributed by atoms with E-state index in [2.05, 4.69) is 15.3 Å². The quantitative estimate of drug-likeness (QED) is 0.809. The molecule has 1 heterocycles. The molecule has 0 bridgehead atoms. The van der Waals surface area contributed by atoms with E-state index in [1.807, 2.05) is 18.2 Å². The lowest BCUT2D eigenvalue weighted by atomic mass is 10.2. The van der Waals surface area contributed by atoms with Crippen LogP contribution in [0.25, 0.3) is 0 Å². The number of carboxylic acids is 1. The van der Waals surface area contributed by atoms with Crippen LogP contribution in [-0.2, 0) is 11.3 Å². The Morgan fingerprint density at radius 2 is 1.96 bits per heavy atom. The third-order valence-electron chi connectivity index (χ3n) is 3.61. The lowest BCUT2D eigenvalue weighted by Crippen LogP contribution is -2.15. The van der Waals surface area contributed by atoms with Gasteiger partial charge in [0.15, 0.2) is 5.69 Å². The van der Waals surface area contributed by atoms with Crippen LogP contribution in [0.15, 0.2) is 36.7 Å². The molecule has 7 heteroatoms. The molecular formula is C17H17N3O4. The van der Waals surface area contributed by atoms with Crippen LogP contribution >= 0.6 is 0 Å². The maximum atomic E-state index is 12.1. The first-order chi connectivity index (χ1) is 11.6. The normalized spacial score (nSPS) is 13.5. The predicted octanol–water partition coefficient (Wildman–Crippen LogP) is 2.35. The van der Waals surface area contributed by atoms with Gasteiger partial charge in [0.25, 0.3) is 5.91 Å². The third kappa shape index (κ3) is 4.36. The maximum absolute atomic E-state index is 12.1. The molecule has 3 rings (SSSR count). The molecule has 1 fully saturated rings. The molecule has 2 N–H and O–H groups in total. The molecule has 0 unspecified atom stereocenters. The van der Waals surface area contributed by atoms with Gasteiger partial charge in [-0.2, -0.15) is 0 Å². The van der Waals surface area contributed by atoms with Crippen molar-refractivity contribution in [3.8, 4) is 0 Å². The molecule has 1 aromatic carbocycles. The van der Waals surface area contributed by atoms with Crippen molar-refractivity contribution in [2.24, 2.45) is 5.92 Å². The van der Waals surface area contributed by atoms with Crippen LogP contribution in [-0.4, -0.2) is 33.6 Å². The number of aromatic nitrogens is 2. The Morgan fingerprint density at radius 1 is 1.21 bits per heavy atom. The fourth-order valence-electron chi connectivity index (χ4n) is 2.12. The number of nitrogens with one attached hydrogen (secondary N) is 1. The summed E-state index contributed by atoms with van der Waals surface area (Å²) in [7, 11) is 0. The molecule has 2 aromatic rings. The number of nitrogens with zero attached hydrogens (tertiary/aromatic N) is 2. The van der Waals surface area contributed by atoms with E-state index >= 15 is 0 Å². The van der Waals surface area contributed by atoms with Gasteiger partial charge in [-0.15, -0.1) is 0 Å². The summed E-state index contributed by atoms with van der Waals surface area (Å²) in [6.45, 7) is 1.29. The maximum Gasteiger partial charge on any atom is 0.356 e. The molecule has 0 saturated heterocycles. The standard InChI is InChI=1S/C17H17N3O4/c21-16(14-7-19-15(8-18-14)17(22)23)20-13-3-1-2-12(6-13)10-24-9-11-4-5-11/h1-3,6-8,11H,4-5,9-10H2,(H,20,21)(H,22,23). The largest absolute Gasteiger partial charge is 0.476 e. The molecular weight excluding hydrogens is 310 g/mol. The number of carbonyl (C=O) groups is 2. The van der Waals surface area contributed by atoms with Gasteiger partial charge in [-0.05, 0) is 36.5 Å². The molecule has 0 spiro atoms. The van der Waals surface area contributed by atoms with Gasteiger partial charge in [-0.3, -0.25) is 4.79 Å². The molecule has 24 heavy (non-hydrogen) atoms. The molecule has 0 aliphatic heterocycles. The van der Waals surface area contributed by atoms with Crippen molar-refractivity contribution in [3.63, 3.8) is 0 Å². The van der Waals surface area contributed by atoms with Gasteiger partial charge in [0.2, 0.25) is 0 Å². The van der Waals surface area contributed by atoms with Crippen LogP contribution in [0.2, 0.25) is 0 Å². The molecule has 124 valence electrons. The Hall–Kier alpha value is -2.80. The minimum Gasteiger partial charge on any atom is -0.476 e. The summed E-state index contributed by atoms with van der Waals surface area (Å²) >= 11 is 0. The minimum absolute atomic E-state index is 0.0513. The summed E-state index contributed by atoms with van der Waals surface area (Å²) in [5.74, 6) is -0.927. The van der Waals surface area contributed by atoms with Crippen molar-refractivity contribution in [2.75, 3.05) is 11.9 Å². The molecule has 1 aromatic heterocycles. The number of carboxylic acid groups (broad SMARTS) is 1. The number of carbonyl (C=O) groups excluding carboxylic acids is 1. The Balaban J connectivity index is 1.59. The van der Waals surface area contributed by atoms with E-state index < -0.39 is 11.9 Å². The second-order valence-corrected chi connectivity index (χ2v) is 5.71. The van der Waals surface area contributed by atoms with Crippen molar-refractivity contribution in [1.29, 1.82) is 0 Å². The Kier molecular flexibility index (Phi) is 4.81. The summed E-state index contributed by atoms with van der Waals surface area (Å²) in [6, 6.07) is 7.37. The SMILES string of the molecule is O=C(O)c1cnc(C(=O)Nc2cccc(COCC3CC3)c2)cn1. The predicted molar refractivity (Wildman–Crippen MR) is 85.8 cm³/mol. The molecule has 0 atom stereocenters. The van der Waals surface area contributed by atoms with Gasteiger partial charge >= 0.3 is 5.97 Å². The van der Waals surface area contributed by atoms with Crippen molar-refractivity contribution in [2.45, 2.75) is 19.4 Å². The summed E-state index contributed by atoms with van der Waals surface area (Å²) in [5.41, 5.74) is 1.44. The summed E-state index contributed by atoms with van der Waals surface area (Å²) in [5, 5.41) is 11.5. The first-order valence-electron chi connectivity index (χ1n) is 7.65. The van der Waals surface area contributed by atoms with Crippen LogP contribution in [0.1, 0.15) is 39.4 Å². The highest BCUT2D eigenvalue weighted by atomic mass is 16.5.